The van der Waals surface area contributed by atoms with Crippen molar-refractivity contribution in [3.63, 3.8) is 0 Å². The number of benzene rings is 5. The predicted molar refractivity (Wildman–Crippen MR) is 190 cm³/mol. The Bertz CT molecular complexity index is 1480. The summed E-state index contributed by atoms with van der Waals surface area (Å²) >= 11 is 0.111. The molecule has 0 unspecified atom stereocenters. The molecule has 1 heterocycles. The van der Waals surface area contributed by atoms with E-state index in [1.807, 2.05) is 18.7 Å². The zero-order valence-electron chi connectivity index (χ0n) is 23.9. The van der Waals surface area contributed by atoms with Gasteiger partial charge < -0.3 is 4.74 Å². The third-order valence-corrected chi connectivity index (χ3v) is 9.57. The molecule has 1 aliphatic rings. The zero-order valence-corrected chi connectivity index (χ0v) is 29.2. The van der Waals surface area contributed by atoms with Crippen molar-refractivity contribution in [2.24, 2.45) is 4.99 Å². The average Bonchev–Trinajstić information content (AvgIpc) is 3.66. The van der Waals surface area contributed by atoms with Gasteiger partial charge in [-0.2, -0.15) is 6.42 Å². The number of nitrogens with one attached hydrogen (secondary N) is 1. The van der Waals surface area contributed by atoms with E-state index in [4.69, 9.17) is 39.9 Å². The summed E-state index contributed by atoms with van der Waals surface area (Å²) in [5, 5.41) is 6.47. The third kappa shape index (κ3) is 12.2. The quantitative estimate of drug-likeness (QED) is 0.0787. The van der Waals surface area contributed by atoms with Crippen LogP contribution in [0.25, 0.3) is 0 Å². The Morgan fingerprint density at radius 3 is 1.70 bits per heavy atom. The molecule has 0 aliphatic carbocycles. The molecule has 0 radical (unpaired) electrons. The Kier molecular flexibility index (Phi) is 15.7. The van der Waals surface area contributed by atoms with E-state index >= 15 is 0 Å². The molecule has 0 aromatic heterocycles. The van der Waals surface area contributed by atoms with Crippen molar-refractivity contribution >= 4 is 72.1 Å². The first-order valence-electron chi connectivity index (χ1n) is 14.0. The molecule has 5 aromatic rings. The van der Waals surface area contributed by atoms with Crippen LogP contribution in [0, 0.1) is 6.61 Å². The van der Waals surface area contributed by atoms with Gasteiger partial charge in [0.25, 0.3) is 0 Å². The first kappa shape index (κ1) is 34.6. The second kappa shape index (κ2) is 20.0. The molecule has 0 amide bonds. The predicted octanol–water partition coefficient (Wildman–Crippen LogP) is 10.3. The minimum atomic E-state index is -1.62. The molecular weight excluding hydrogens is 686 g/mol. The fourth-order valence-electron chi connectivity index (χ4n) is 4.19. The summed E-state index contributed by atoms with van der Waals surface area (Å²) in [6.07, 6.45) is 2.38. The number of halogens is 3. The van der Waals surface area contributed by atoms with Gasteiger partial charge in [0.15, 0.2) is 13.9 Å². The fraction of sp³-hybridized carbons (Fsp3) is 0.0857. The van der Waals surface area contributed by atoms with Crippen molar-refractivity contribution in [3.8, 4) is 0 Å². The Hall–Kier alpha value is -2.29. The first-order valence-corrected chi connectivity index (χ1v) is 21.6. The van der Waals surface area contributed by atoms with Gasteiger partial charge in [-0.05, 0) is 48.5 Å². The summed E-state index contributed by atoms with van der Waals surface area (Å²) < 4.78 is 4.82. The molecule has 44 heavy (non-hydrogen) atoms. The van der Waals surface area contributed by atoms with E-state index in [0.717, 1.165) is 35.0 Å². The molecule has 6 rings (SSSR count). The van der Waals surface area contributed by atoms with Crippen LogP contribution in [0.15, 0.2) is 160 Å². The van der Waals surface area contributed by atoms with Crippen molar-refractivity contribution in [1.82, 2.24) is 5.09 Å². The van der Waals surface area contributed by atoms with Gasteiger partial charge in [-0.15, -0.1) is 0 Å². The van der Waals surface area contributed by atoms with Crippen LogP contribution < -0.4 is 15.7 Å². The topological polar surface area (TPSA) is 33.6 Å². The molecule has 0 spiro atoms. The number of para-hydroxylation sites is 1. The number of nitrogens with zero attached hydrogens (tertiary/aromatic N) is 1. The molecule has 1 aliphatic heterocycles. The molecule has 226 valence electrons. The molecule has 0 atom stereocenters. The standard InChI is InChI=1S/C31H25N2PS.C4H7O.3ClH.Cr/c1-5-15-25(16-6-1)31(32-29-23-13-14-24-30(29)35-28-21-11-4-12-22-28)33-34(26-17-7-2-8-18-26)27-19-9-3-10-20-27;1-2-4-5-3-1;;;;/h1-24H,(H,32,33);3H,1-2,4H2;3*1H;/q;-1;;;;+4/p-2. The van der Waals surface area contributed by atoms with Crippen molar-refractivity contribution < 1.29 is 16.1 Å². The minimum absolute atomic E-state index is 0.883. The molecule has 1 fully saturated rings. The van der Waals surface area contributed by atoms with E-state index in [0.29, 0.717) is 0 Å². The van der Waals surface area contributed by atoms with E-state index in [1.165, 1.54) is 21.9 Å². The summed E-state index contributed by atoms with van der Waals surface area (Å²) in [6, 6.07) is 50.6. The van der Waals surface area contributed by atoms with Gasteiger partial charge in [-0.1, -0.05) is 115 Å². The van der Waals surface area contributed by atoms with Crippen LogP contribution in [0.4, 0.5) is 5.69 Å². The van der Waals surface area contributed by atoms with Gasteiger partial charge in [0.1, 0.15) is 10.6 Å². The summed E-state index contributed by atoms with van der Waals surface area (Å²) in [5.41, 5.74) is 2.02. The number of aliphatic imine (C=N–C) groups is 1. The monoisotopic (exact) mass is 717 g/mol. The van der Waals surface area contributed by atoms with Crippen LogP contribution in [-0.4, -0.2) is 12.4 Å². The fourth-order valence-corrected chi connectivity index (χ4v) is 7.21. The smallest absolute Gasteiger partial charge is 0.167 e. The van der Waals surface area contributed by atoms with Crippen molar-refractivity contribution in [3.05, 3.63) is 158 Å². The molecule has 3 nitrogen and oxygen atoms in total. The van der Waals surface area contributed by atoms with Gasteiger partial charge in [-0.25, -0.2) is 16.7 Å². The van der Waals surface area contributed by atoms with Gasteiger partial charge in [0.05, 0.1) is 5.69 Å². The van der Waals surface area contributed by atoms with E-state index in [1.54, 1.807) is 11.8 Å². The average molecular weight is 719 g/mol. The number of amidine groups is 1. The van der Waals surface area contributed by atoms with E-state index in [9.17, 15) is 0 Å². The van der Waals surface area contributed by atoms with Gasteiger partial charge in [0.2, 0.25) is 0 Å². The number of hydrogen-bond donors (Lipinski definition) is 1. The normalized spacial score (nSPS) is 12.6. The van der Waals surface area contributed by atoms with E-state index in [2.05, 4.69) is 139 Å². The zero-order chi connectivity index (χ0) is 30.8. The summed E-state index contributed by atoms with van der Waals surface area (Å²) in [7, 11) is 13.5. The molecule has 5 aromatic carbocycles. The summed E-state index contributed by atoms with van der Waals surface area (Å²) in [5.74, 6) is 0.883. The Balaban J connectivity index is 0.000000426. The van der Waals surface area contributed by atoms with Crippen molar-refractivity contribution in [2.75, 3.05) is 6.61 Å². The molecular formula is C35H33Cl3CrN2OPS+. The third-order valence-electron chi connectivity index (χ3n) is 6.19. The Labute approximate surface area is 283 Å². The molecule has 0 saturated carbocycles. The maximum absolute atomic E-state index is 5.23. The molecule has 9 heteroatoms. The molecule has 1 saturated heterocycles. The number of rotatable bonds is 7. The second-order valence-corrected chi connectivity index (χ2v) is 18.9. The largest absolute Gasteiger partial charge is 0.234 e. The van der Waals surface area contributed by atoms with Gasteiger partial charge >= 0.3 is 41.5 Å². The Morgan fingerprint density at radius 2 is 1.20 bits per heavy atom. The van der Waals surface area contributed by atoms with Crippen LogP contribution in [0.3, 0.4) is 0 Å². The van der Waals surface area contributed by atoms with Gasteiger partial charge in [0, 0.05) is 22.0 Å². The van der Waals surface area contributed by atoms with Crippen LogP contribution in [-0.2, 0) is 16.1 Å². The number of ether oxygens (including phenoxy) is 1. The number of hydrogen-bond acceptors (Lipinski definition) is 3. The molecule has 0 bridgehead atoms. The van der Waals surface area contributed by atoms with E-state index in [-0.39, 0.29) is 0 Å². The maximum atomic E-state index is 5.23. The minimum Gasteiger partial charge on any atom is -0.234 e. The van der Waals surface area contributed by atoms with Crippen LogP contribution in [0.5, 0.6) is 0 Å². The first-order chi connectivity index (χ1) is 21.6. The second-order valence-electron chi connectivity index (χ2n) is 9.30. The van der Waals surface area contributed by atoms with Gasteiger partial charge in [-0.3, -0.25) is 0 Å². The van der Waals surface area contributed by atoms with Crippen molar-refractivity contribution in [2.45, 2.75) is 22.6 Å². The Morgan fingerprint density at radius 1 is 0.705 bits per heavy atom. The van der Waals surface area contributed by atoms with E-state index < -0.39 is 19.5 Å². The summed E-state index contributed by atoms with van der Waals surface area (Å²) in [6.45, 7) is 2.81. The SMILES string of the molecule is [CH-]1CCCO1.[Cl][Cr+]([Cl])[Cl].c1ccc(Sc2ccccc2N=C(N[PH+](c2ccccc2)c2ccccc2)c2ccccc2)cc1. The summed E-state index contributed by atoms with van der Waals surface area (Å²) in [4.78, 5) is 7.55. The molecule has 1 N–H and O–H groups in total. The van der Waals surface area contributed by atoms with Crippen LogP contribution >= 0.6 is 50.0 Å². The van der Waals surface area contributed by atoms with Crippen molar-refractivity contribution in [1.29, 1.82) is 0 Å². The maximum Gasteiger partial charge on any atom is 0.167 e. The van der Waals surface area contributed by atoms with Crippen LogP contribution in [0.2, 0.25) is 0 Å². The van der Waals surface area contributed by atoms with Crippen LogP contribution in [0.1, 0.15) is 18.4 Å².